The van der Waals surface area contributed by atoms with Crippen LogP contribution in [-0.4, -0.2) is 17.4 Å². The Morgan fingerprint density at radius 3 is 2.84 bits per heavy atom. The van der Waals surface area contributed by atoms with Crippen LogP contribution in [0.25, 0.3) is 0 Å². The number of rotatable bonds is 4. The van der Waals surface area contributed by atoms with Crippen LogP contribution < -0.4 is 10.5 Å². The Bertz CT molecular complexity index is 614. The van der Waals surface area contributed by atoms with E-state index in [9.17, 15) is 4.79 Å². The molecule has 0 unspecified atom stereocenters. The van der Waals surface area contributed by atoms with Crippen molar-refractivity contribution in [2.24, 2.45) is 0 Å². The number of benzene rings is 1. The number of nitrogens with zero attached hydrogens (tertiary/aromatic N) is 1. The van der Waals surface area contributed by atoms with Crippen molar-refractivity contribution < 1.29 is 9.53 Å². The molecule has 0 amide bonds. The molecule has 5 heteroatoms. The predicted molar refractivity (Wildman–Crippen MR) is 74.7 cm³/mol. The van der Waals surface area contributed by atoms with Crippen LogP contribution in [0.1, 0.15) is 22.8 Å². The van der Waals surface area contributed by atoms with E-state index in [1.54, 1.807) is 24.3 Å². The first-order valence-electron chi connectivity index (χ1n) is 5.81. The number of ether oxygens (including phenoxy) is 1. The van der Waals surface area contributed by atoms with Gasteiger partial charge >= 0.3 is 0 Å². The third kappa shape index (κ3) is 2.85. The maximum Gasteiger partial charge on any atom is 0.200 e. The summed E-state index contributed by atoms with van der Waals surface area (Å²) in [6.07, 6.45) is 1.40. The minimum Gasteiger partial charge on any atom is -0.493 e. The first-order valence-corrected chi connectivity index (χ1v) is 6.18. The van der Waals surface area contributed by atoms with E-state index in [-0.39, 0.29) is 17.2 Å². The summed E-state index contributed by atoms with van der Waals surface area (Å²) in [6.45, 7) is 2.34. The average molecular weight is 277 g/mol. The monoisotopic (exact) mass is 276 g/mol. The number of anilines is 1. The van der Waals surface area contributed by atoms with Gasteiger partial charge in [0, 0.05) is 6.20 Å². The van der Waals surface area contributed by atoms with Crippen molar-refractivity contribution in [2.75, 3.05) is 12.3 Å². The Balaban J connectivity index is 2.47. The molecule has 0 saturated carbocycles. The van der Waals surface area contributed by atoms with Crippen LogP contribution in [-0.2, 0) is 0 Å². The molecule has 1 aromatic carbocycles. The number of hydrogen-bond donors (Lipinski definition) is 1. The highest BCUT2D eigenvalue weighted by Crippen LogP contribution is 2.24. The van der Waals surface area contributed by atoms with Gasteiger partial charge in [-0.1, -0.05) is 23.7 Å². The van der Waals surface area contributed by atoms with Gasteiger partial charge in [0.25, 0.3) is 0 Å². The van der Waals surface area contributed by atoms with Crippen molar-refractivity contribution in [3.05, 3.63) is 52.7 Å². The minimum atomic E-state index is -0.253. The van der Waals surface area contributed by atoms with Crippen molar-refractivity contribution in [1.82, 2.24) is 4.98 Å². The van der Waals surface area contributed by atoms with Gasteiger partial charge in [-0.25, -0.2) is 4.98 Å². The molecule has 0 bridgehead atoms. The summed E-state index contributed by atoms with van der Waals surface area (Å²) in [5.41, 5.74) is 6.44. The van der Waals surface area contributed by atoms with Crippen LogP contribution in [0, 0.1) is 0 Å². The van der Waals surface area contributed by atoms with Gasteiger partial charge in [0.15, 0.2) is 0 Å². The summed E-state index contributed by atoms with van der Waals surface area (Å²) in [4.78, 5) is 16.3. The Morgan fingerprint density at radius 1 is 1.37 bits per heavy atom. The summed E-state index contributed by atoms with van der Waals surface area (Å²) >= 11 is 5.85. The normalized spacial score (nSPS) is 10.2. The lowest BCUT2D eigenvalue weighted by Crippen LogP contribution is -2.09. The molecule has 2 rings (SSSR count). The molecular weight excluding hydrogens is 264 g/mol. The number of pyridine rings is 1. The van der Waals surface area contributed by atoms with Crippen molar-refractivity contribution in [1.29, 1.82) is 0 Å². The molecule has 0 aliphatic rings. The van der Waals surface area contributed by atoms with Crippen LogP contribution in [0.5, 0.6) is 5.75 Å². The molecule has 2 aromatic rings. The van der Waals surface area contributed by atoms with E-state index in [0.717, 1.165) is 0 Å². The largest absolute Gasteiger partial charge is 0.493 e. The van der Waals surface area contributed by atoms with E-state index < -0.39 is 0 Å². The third-order valence-corrected chi connectivity index (χ3v) is 2.77. The van der Waals surface area contributed by atoms with Crippen LogP contribution in [0.2, 0.25) is 5.02 Å². The van der Waals surface area contributed by atoms with Gasteiger partial charge in [-0.15, -0.1) is 0 Å². The van der Waals surface area contributed by atoms with E-state index >= 15 is 0 Å². The number of carbonyl (C=O) groups is 1. The lowest BCUT2D eigenvalue weighted by molar-refractivity contribution is 0.103. The van der Waals surface area contributed by atoms with Crippen molar-refractivity contribution in [3.8, 4) is 5.75 Å². The van der Waals surface area contributed by atoms with Crippen LogP contribution in [0.3, 0.4) is 0 Å². The second-order valence-electron chi connectivity index (χ2n) is 3.84. The fraction of sp³-hybridized carbons (Fsp3) is 0.143. The molecule has 0 aliphatic carbocycles. The zero-order valence-electron chi connectivity index (χ0n) is 10.4. The molecule has 0 saturated heterocycles. The number of halogens is 1. The second-order valence-corrected chi connectivity index (χ2v) is 4.28. The zero-order chi connectivity index (χ0) is 13.8. The molecular formula is C14H13ClN2O2. The summed E-state index contributed by atoms with van der Waals surface area (Å²) < 4.78 is 5.43. The summed E-state index contributed by atoms with van der Waals surface area (Å²) in [5, 5.41) is 0.367. The molecule has 4 nitrogen and oxygen atoms in total. The molecule has 1 aromatic heterocycles. The van der Waals surface area contributed by atoms with Crippen LogP contribution >= 0.6 is 11.6 Å². The first-order chi connectivity index (χ1) is 9.13. The number of nitrogens with two attached hydrogens (primary N) is 1. The molecule has 0 spiro atoms. The van der Waals surface area contributed by atoms with Gasteiger partial charge in [0.05, 0.1) is 22.8 Å². The zero-order valence-corrected chi connectivity index (χ0v) is 11.1. The van der Waals surface area contributed by atoms with E-state index in [2.05, 4.69) is 4.98 Å². The summed E-state index contributed by atoms with van der Waals surface area (Å²) in [6, 6.07) is 8.51. The molecule has 19 heavy (non-hydrogen) atoms. The Kier molecular flexibility index (Phi) is 4.02. The van der Waals surface area contributed by atoms with Crippen LogP contribution in [0.4, 0.5) is 5.82 Å². The SMILES string of the molecule is CCOc1ccccc1C(=O)c1cc(Cl)cnc1N. The van der Waals surface area contributed by atoms with E-state index in [1.165, 1.54) is 12.3 Å². The lowest BCUT2D eigenvalue weighted by atomic mass is 10.0. The average Bonchev–Trinajstić information content (AvgIpc) is 2.42. The summed E-state index contributed by atoms with van der Waals surface area (Å²) in [5.74, 6) is 0.423. The topological polar surface area (TPSA) is 65.2 Å². The maximum atomic E-state index is 12.5. The summed E-state index contributed by atoms with van der Waals surface area (Å²) in [7, 11) is 0. The lowest BCUT2D eigenvalue weighted by Gasteiger charge is -2.10. The second kappa shape index (κ2) is 5.71. The molecule has 0 radical (unpaired) electrons. The standard InChI is InChI=1S/C14H13ClN2O2/c1-2-19-12-6-4-3-5-10(12)13(18)11-7-9(15)8-17-14(11)16/h3-8H,2H2,1H3,(H2,16,17). The highest BCUT2D eigenvalue weighted by atomic mass is 35.5. The minimum absolute atomic E-state index is 0.153. The highest BCUT2D eigenvalue weighted by Gasteiger charge is 2.17. The fourth-order valence-electron chi connectivity index (χ4n) is 1.71. The van der Waals surface area contributed by atoms with Gasteiger partial charge in [0.2, 0.25) is 5.78 Å². The number of para-hydroxylation sites is 1. The molecule has 0 aliphatic heterocycles. The van der Waals surface area contributed by atoms with Gasteiger partial charge in [0.1, 0.15) is 11.6 Å². The van der Waals surface area contributed by atoms with Gasteiger partial charge in [-0.3, -0.25) is 4.79 Å². The van der Waals surface area contributed by atoms with Gasteiger partial charge < -0.3 is 10.5 Å². The molecule has 1 heterocycles. The number of carbonyl (C=O) groups excluding carboxylic acids is 1. The first kappa shape index (κ1) is 13.4. The smallest absolute Gasteiger partial charge is 0.200 e. The number of aromatic nitrogens is 1. The van der Waals surface area contributed by atoms with Crippen molar-refractivity contribution >= 4 is 23.2 Å². The van der Waals surface area contributed by atoms with E-state index in [1.807, 2.05) is 6.92 Å². The predicted octanol–water partition coefficient (Wildman–Crippen LogP) is 2.95. The fourth-order valence-corrected chi connectivity index (χ4v) is 1.87. The highest BCUT2D eigenvalue weighted by molar-refractivity contribution is 6.31. The van der Waals surface area contributed by atoms with Gasteiger partial charge in [-0.05, 0) is 25.1 Å². The molecule has 0 atom stereocenters. The number of hydrogen-bond acceptors (Lipinski definition) is 4. The third-order valence-electron chi connectivity index (χ3n) is 2.56. The van der Waals surface area contributed by atoms with Gasteiger partial charge in [-0.2, -0.15) is 0 Å². The van der Waals surface area contributed by atoms with E-state index in [0.29, 0.717) is 22.9 Å². The van der Waals surface area contributed by atoms with Crippen molar-refractivity contribution in [2.45, 2.75) is 6.92 Å². The number of nitrogen functional groups attached to an aromatic ring is 1. The Hall–Kier alpha value is -2.07. The quantitative estimate of drug-likeness (QED) is 0.872. The Morgan fingerprint density at radius 2 is 2.11 bits per heavy atom. The van der Waals surface area contributed by atoms with Crippen LogP contribution in [0.15, 0.2) is 36.5 Å². The molecule has 0 fully saturated rings. The molecule has 2 N–H and O–H groups in total. The van der Waals surface area contributed by atoms with Crippen molar-refractivity contribution in [3.63, 3.8) is 0 Å². The maximum absolute atomic E-state index is 12.5. The Labute approximate surface area is 116 Å². The van der Waals surface area contributed by atoms with E-state index in [4.69, 9.17) is 22.1 Å². The number of ketones is 1. The molecule has 98 valence electrons.